The van der Waals surface area contributed by atoms with Crippen molar-refractivity contribution >= 4 is 17.2 Å². The normalized spacial score (nSPS) is 12.9. The van der Waals surface area contributed by atoms with E-state index in [0.717, 1.165) is 16.9 Å². The molecule has 3 aromatic rings. The van der Waals surface area contributed by atoms with Crippen molar-refractivity contribution < 1.29 is 40.6 Å². The molecule has 1 unspecified atom stereocenters. The van der Waals surface area contributed by atoms with Gasteiger partial charge in [0.05, 0.1) is 4.88 Å². The van der Waals surface area contributed by atoms with Crippen molar-refractivity contribution in [3.05, 3.63) is 69.4 Å². The van der Waals surface area contributed by atoms with Gasteiger partial charge in [-0.15, -0.1) is 24.5 Å². The number of alkyl halides is 6. The van der Waals surface area contributed by atoms with Gasteiger partial charge < -0.3 is 15.2 Å². The molecular weight excluding hydrogens is 496 g/mol. The molecule has 0 bridgehead atoms. The minimum Gasteiger partial charge on any atom is -0.485 e. The average molecular weight is 517 g/mol. The molecule has 1 atom stereocenters. The Morgan fingerprint density at radius 3 is 2.03 bits per heavy atom. The number of carbonyl (C=O) groups is 1. The number of hydrogen-bond acceptors (Lipinski definition) is 4. The van der Waals surface area contributed by atoms with Gasteiger partial charge in [-0.25, -0.2) is 0 Å². The van der Waals surface area contributed by atoms with Gasteiger partial charge in [0.2, 0.25) is 0 Å². The molecule has 1 heterocycles. The number of benzene rings is 2. The topological polar surface area (TPSA) is 61.5 Å². The minimum absolute atomic E-state index is 0.210. The van der Waals surface area contributed by atoms with Crippen LogP contribution in [0.3, 0.4) is 0 Å². The molecule has 0 aliphatic carbocycles. The third-order valence-electron chi connectivity index (χ3n) is 5.04. The predicted octanol–water partition coefficient (Wildman–Crippen LogP) is 7.49. The summed E-state index contributed by atoms with van der Waals surface area (Å²) in [7, 11) is 0. The number of thiophene rings is 1. The first-order valence-electron chi connectivity index (χ1n) is 10.3. The van der Waals surface area contributed by atoms with Crippen LogP contribution in [-0.2, 0) is 0 Å². The Kier molecular flexibility index (Phi) is 7.68. The molecule has 0 spiro atoms. The molecule has 2 aromatic carbocycles. The van der Waals surface area contributed by atoms with Crippen LogP contribution < -0.4 is 15.2 Å². The molecule has 0 aliphatic rings. The Labute approximate surface area is 201 Å². The Hall–Kier alpha value is -3.21. The van der Waals surface area contributed by atoms with E-state index in [1.54, 1.807) is 26.0 Å². The van der Waals surface area contributed by atoms with Crippen molar-refractivity contribution in [3.63, 3.8) is 0 Å². The fourth-order valence-electron chi connectivity index (χ4n) is 3.65. The Balaban J connectivity index is 1.87. The summed E-state index contributed by atoms with van der Waals surface area (Å²) in [6, 6.07) is 11.6. The molecule has 0 saturated carbocycles. The quantitative estimate of drug-likeness (QED) is 0.315. The summed E-state index contributed by atoms with van der Waals surface area (Å²) < 4.78 is 85.7. The SMILES string of the molecule is Cc1cc(OC(CCC(F)(F)F)c2ccc(C(N)=O)s2)cc(C)c1-c1ccc(OC(F)(F)F)cc1. The number of primary amides is 1. The van der Waals surface area contributed by atoms with Gasteiger partial charge in [-0.2, -0.15) is 13.2 Å². The lowest BCUT2D eigenvalue weighted by Crippen LogP contribution is -2.16. The van der Waals surface area contributed by atoms with Crippen molar-refractivity contribution in [1.82, 2.24) is 0 Å². The van der Waals surface area contributed by atoms with E-state index in [2.05, 4.69) is 4.74 Å². The third kappa shape index (κ3) is 7.38. The van der Waals surface area contributed by atoms with Crippen LogP contribution in [0.25, 0.3) is 11.1 Å². The number of amides is 1. The van der Waals surface area contributed by atoms with Gasteiger partial charge >= 0.3 is 12.5 Å². The van der Waals surface area contributed by atoms with Gasteiger partial charge in [0.1, 0.15) is 17.6 Å². The Bertz CT molecular complexity index is 1160. The zero-order valence-corrected chi connectivity index (χ0v) is 19.4. The van der Waals surface area contributed by atoms with Crippen LogP contribution in [0.15, 0.2) is 48.5 Å². The molecule has 0 radical (unpaired) electrons. The molecule has 1 aromatic heterocycles. The highest BCUT2D eigenvalue weighted by atomic mass is 32.1. The maximum Gasteiger partial charge on any atom is 0.573 e. The number of ether oxygens (including phenoxy) is 2. The number of carbonyl (C=O) groups excluding carboxylic acids is 1. The summed E-state index contributed by atoms with van der Waals surface area (Å²) in [4.78, 5) is 12.1. The third-order valence-corrected chi connectivity index (χ3v) is 6.23. The highest BCUT2D eigenvalue weighted by Crippen LogP contribution is 2.37. The smallest absolute Gasteiger partial charge is 0.485 e. The first-order chi connectivity index (χ1) is 16.2. The molecule has 188 valence electrons. The van der Waals surface area contributed by atoms with Crippen LogP contribution in [0.1, 0.15) is 44.6 Å². The largest absolute Gasteiger partial charge is 0.573 e. The van der Waals surface area contributed by atoms with Crippen LogP contribution in [0.2, 0.25) is 0 Å². The molecule has 0 fully saturated rings. The van der Waals surface area contributed by atoms with E-state index in [0.29, 0.717) is 27.3 Å². The van der Waals surface area contributed by atoms with E-state index in [1.165, 1.54) is 36.4 Å². The summed E-state index contributed by atoms with van der Waals surface area (Å²) in [5.74, 6) is -0.712. The van der Waals surface area contributed by atoms with E-state index in [9.17, 15) is 31.1 Å². The molecule has 0 aliphatic heterocycles. The monoisotopic (exact) mass is 517 g/mol. The van der Waals surface area contributed by atoms with E-state index in [4.69, 9.17) is 10.5 Å². The first-order valence-corrected chi connectivity index (χ1v) is 11.1. The lowest BCUT2D eigenvalue weighted by Gasteiger charge is -2.21. The number of aryl methyl sites for hydroxylation is 2. The molecule has 0 saturated heterocycles. The molecular formula is C24H21F6NO3S. The van der Waals surface area contributed by atoms with Crippen LogP contribution in [0.4, 0.5) is 26.3 Å². The molecule has 11 heteroatoms. The lowest BCUT2D eigenvalue weighted by molar-refractivity contribution is -0.274. The van der Waals surface area contributed by atoms with Gasteiger partial charge in [-0.05, 0) is 78.9 Å². The number of hydrogen-bond donors (Lipinski definition) is 1. The lowest BCUT2D eigenvalue weighted by atomic mass is 9.95. The fraction of sp³-hybridized carbons (Fsp3) is 0.292. The maximum atomic E-state index is 12.9. The van der Waals surface area contributed by atoms with E-state index in [-0.39, 0.29) is 17.0 Å². The highest BCUT2D eigenvalue weighted by Gasteiger charge is 2.31. The van der Waals surface area contributed by atoms with Crippen molar-refractivity contribution in [2.75, 3.05) is 0 Å². The number of halogens is 6. The second-order valence-electron chi connectivity index (χ2n) is 7.83. The van der Waals surface area contributed by atoms with Gasteiger partial charge in [0, 0.05) is 11.3 Å². The van der Waals surface area contributed by atoms with Crippen molar-refractivity contribution in [2.45, 2.75) is 45.3 Å². The first kappa shape index (κ1) is 26.4. The highest BCUT2D eigenvalue weighted by molar-refractivity contribution is 7.14. The van der Waals surface area contributed by atoms with Crippen LogP contribution in [-0.4, -0.2) is 18.4 Å². The van der Waals surface area contributed by atoms with Crippen LogP contribution in [0, 0.1) is 13.8 Å². The fourth-order valence-corrected chi connectivity index (χ4v) is 4.57. The summed E-state index contributed by atoms with van der Waals surface area (Å²) in [5, 5.41) is 0. The second kappa shape index (κ2) is 10.2. The molecule has 2 N–H and O–H groups in total. The van der Waals surface area contributed by atoms with Gasteiger partial charge in [-0.3, -0.25) is 4.79 Å². The Morgan fingerprint density at radius 1 is 0.943 bits per heavy atom. The summed E-state index contributed by atoms with van der Waals surface area (Å²) in [6.45, 7) is 3.52. The summed E-state index contributed by atoms with van der Waals surface area (Å²) >= 11 is 0.974. The molecule has 3 rings (SSSR count). The van der Waals surface area contributed by atoms with Gasteiger partial charge in [0.25, 0.3) is 5.91 Å². The predicted molar refractivity (Wildman–Crippen MR) is 120 cm³/mol. The van der Waals surface area contributed by atoms with Crippen LogP contribution in [0.5, 0.6) is 11.5 Å². The summed E-state index contributed by atoms with van der Waals surface area (Å²) in [6.07, 6.45) is -11.6. The van der Waals surface area contributed by atoms with Crippen molar-refractivity contribution in [2.24, 2.45) is 5.73 Å². The van der Waals surface area contributed by atoms with Crippen molar-refractivity contribution in [1.29, 1.82) is 0 Å². The number of rotatable bonds is 8. The molecule has 35 heavy (non-hydrogen) atoms. The zero-order chi connectivity index (χ0) is 26.0. The maximum absolute atomic E-state index is 12.9. The molecule has 1 amide bonds. The van der Waals surface area contributed by atoms with Crippen LogP contribution >= 0.6 is 11.3 Å². The Morgan fingerprint density at radius 2 is 1.54 bits per heavy atom. The van der Waals surface area contributed by atoms with Crippen molar-refractivity contribution in [3.8, 4) is 22.6 Å². The van der Waals surface area contributed by atoms with E-state index in [1.807, 2.05) is 0 Å². The standard InChI is InChI=1S/C24H21F6NO3S/c1-13-11-17(12-14(2)21(13)15-3-5-16(6-4-15)34-24(28,29)30)33-18(9-10-23(25,26)27)19-7-8-20(35-19)22(31)32/h3-8,11-12,18H,9-10H2,1-2H3,(H2,31,32). The minimum atomic E-state index is -4.80. The van der Waals surface area contributed by atoms with E-state index >= 15 is 0 Å². The number of nitrogens with two attached hydrogens (primary N) is 1. The summed E-state index contributed by atoms with van der Waals surface area (Å²) in [5.41, 5.74) is 8.07. The van der Waals surface area contributed by atoms with Gasteiger partial charge in [0.15, 0.2) is 0 Å². The van der Waals surface area contributed by atoms with E-state index < -0.39 is 31.0 Å². The van der Waals surface area contributed by atoms with Gasteiger partial charge in [-0.1, -0.05) is 12.1 Å². The average Bonchev–Trinajstić information content (AvgIpc) is 3.20. The zero-order valence-electron chi connectivity index (χ0n) is 18.6. The molecule has 4 nitrogen and oxygen atoms in total. The second-order valence-corrected chi connectivity index (χ2v) is 8.95.